The number of halogens is 1. The summed E-state index contributed by atoms with van der Waals surface area (Å²) in [7, 11) is 1.61. The van der Waals surface area contributed by atoms with Crippen molar-refractivity contribution in [2.75, 3.05) is 7.11 Å². The molecule has 6 nitrogen and oxygen atoms in total. The Morgan fingerprint density at radius 1 is 1.23 bits per heavy atom. The molecule has 0 bridgehead atoms. The highest BCUT2D eigenvalue weighted by atomic mass is 35.5. The van der Waals surface area contributed by atoms with E-state index in [9.17, 15) is 4.79 Å². The largest absolute Gasteiger partial charge is 0.497 e. The molecule has 0 saturated heterocycles. The molecule has 2 aromatic carbocycles. The van der Waals surface area contributed by atoms with E-state index in [2.05, 4.69) is 15.5 Å². The SMILES string of the molecule is COc1ccc(-c2n[nH]c(=S)n2CC(=O)NCc2ccc(Cl)cc2)cc1. The van der Waals surface area contributed by atoms with E-state index in [0.717, 1.165) is 16.9 Å². The van der Waals surface area contributed by atoms with E-state index in [4.69, 9.17) is 28.6 Å². The lowest BCUT2D eigenvalue weighted by atomic mass is 10.2. The lowest BCUT2D eigenvalue weighted by Crippen LogP contribution is -2.27. The molecular formula is C18H17ClN4O2S. The molecule has 1 amide bonds. The van der Waals surface area contributed by atoms with Gasteiger partial charge < -0.3 is 10.1 Å². The smallest absolute Gasteiger partial charge is 0.240 e. The maximum absolute atomic E-state index is 12.3. The van der Waals surface area contributed by atoms with Crippen LogP contribution in [-0.2, 0) is 17.9 Å². The first kappa shape index (κ1) is 18.2. The van der Waals surface area contributed by atoms with Crippen LogP contribution >= 0.6 is 23.8 Å². The standard InChI is InChI=1S/C18H17ClN4O2S/c1-25-15-8-4-13(5-9-15)17-21-22-18(26)23(17)11-16(24)20-10-12-2-6-14(19)7-3-12/h2-9H,10-11H2,1H3,(H,20,24)(H,22,26). The van der Waals surface area contributed by atoms with Crippen LogP contribution in [0.3, 0.4) is 0 Å². The number of nitrogens with one attached hydrogen (secondary N) is 2. The van der Waals surface area contributed by atoms with E-state index < -0.39 is 0 Å². The van der Waals surface area contributed by atoms with Gasteiger partial charge in [0.05, 0.1) is 7.11 Å². The van der Waals surface area contributed by atoms with Crippen molar-refractivity contribution in [3.8, 4) is 17.1 Å². The van der Waals surface area contributed by atoms with E-state index in [-0.39, 0.29) is 12.5 Å². The van der Waals surface area contributed by atoms with Gasteiger partial charge in [0.2, 0.25) is 5.91 Å². The van der Waals surface area contributed by atoms with Gasteiger partial charge in [0, 0.05) is 17.1 Å². The number of carbonyl (C=O) groups is 1. The predicted octanol–water partition coefficient (Wildman–Crippen LogP) is 3.59. The van der Waals surface area contributed by atoms with Crippen molar-refractivity contribution in [3.05, 3.63) is 63.9 Å². The highest BCUT2D eigenvalue weighted by Crippen LogP contribution is 2.20. The van der Waals surface area contributed by atoms with Crippen molar-refractivity contribution in [1.82, 2.24) is 20.1 Å². The molecule has 0 unspecified atom stereocenters. The Balaban J connectivity index is 1.71. The summed E-state index contributed by atoms with van der Waals surface area (Å²) in [5, 5.41) is 10.5. The fraction of sp³-hybridized carbons (Fsp3) is 0.167. The molecule has 3 aromatic rings. The molecule has 0 radical (unpaired) electrons. The fourth-order valence-electron chi connectivity index (χ4n) is 2.43. The van der Waals surface area contributed by atoms with E-state index in [1.807, 2.05) is 36.4 Å². The van der Waals surface area contributed by atoms with E-state index in [0.29, 0.717) is 22.2 Å². The molecule has 3 rings (SSSR count). The van der Waals surface area contributed by atoms with Crippen LogP contribution in [0.1, 0.15) is 5.56 Å². The molecule has 0 aliphatic rings. The molecular weight excluding hydrogens is 372 g/mol. The lowest BCUT2D eigenvalue weighted by molar-refractivity contribution is -0.121. The van der Waals surface area contributed by atoms with E-state index in [1.54, 1.807) is 23.8 Å². The molecule has 2 N–H and O–H groups in total. The van der Waals surface area contributed by atoms with Gasteiger partial charge in [-0.3, -0.25) is 14.5 Å². The number of aromatic amines is 1. The first-order chi connectivity index (χ1) is 12.6. The first-order valence-electron chi connectivity index (χ1n) is 7.87. The monoisotopic (exact) mass is 388 g/mol. The van der Waals surface area contributed by atoms with Crippen molar-refractivity contribution >= 4 is 29.7 Å². The minimum atomic E-state index is -0.160. The lowest BCUT2D eigenvalue weighted by Gasteiger charge is -2.09. The predicted molar refractivity (Wildman–Crippen MR) is 103 cm³/mol. The zero-order chi connectivity index (χ0) is 18.5. The maximum Gasteiger partial charge on any atom is 0.240 e. The molecule has 0 aliphatic carbocycles. The van der Waals surface area contributed by atoms with Crippen LogP contribution in [0.5, 0.6) is 5.75 Å². The summed E-state index contributed by atoms with van der Waals surface area (Å²) >= 11 is 11.1. The number of ether oxygens (including phenoxy) is 1. The maximum atomic E-state index is 12.3. The molecule has 26 heavy (non-hydrogen) atoms. The number of rotatable bonds is 6. The summed E-state index contributed by atoms with van der Waals surface area (Å²) < 4.78 is 7.21. The summed E-state index contributed by atoms with van der Waals surface area (Å²) in [6.07, 6.45) is 0. The Labute approximate surface area is 160 Å². The van der Waals surface area contributed by atoms with Crippen molar-refractivity contribution in [3.63, 3.8) is 0 Å². The number of hydrogen-bond acceptors (Lipinski definition) is 4. The average molecular weight is 389 g/mol. The number of H-pyrrole nitrogens is 1. The summed E-state index contributed by atoms with van der Waals surface area (Å²) in [5.41, 5.74) is 1.80. The Kier molecular flexibility index (Phi) is 5.70. The van der Waals surface area contributed by atoms with Gasteiger partial charge in [0.15, 0.2) is 10.6 Å². The number of benzene rings is 2. The second kappa shape index (κ2) is 8.16. The van der Waals surface area contributed by atoms with Crippen molar-refractivity contribution in [2.45, 2.75) is 13.1 Å². The van der Waals surface area contributed by atoms with Crippen molar-refractivity contribution in [1.29, 1.82) is 0 Å². The van der Waals surface area contributed by atoms with Gasteiger partial charge in [-0.05, 0) is 54.2 Å². The van der Waals surface area contributed by atoms with Crippen LogP contribution in [0.4, 0.5) is 0 Å². The van der Waals surface area contributed by atoms with Gasteiger partial charge in [-0.15, -0.1) is 0 Å². The van der Waals surface area contributed by atoms with Gasteiger partial charge in [0.25, 0.3) is 0 Å². The number of aromatic nitrogens is 3. The summed E-state index contributed by atoms with van der Waals surface area (Å²) in [4.78, 5) is 12.3. The van der Waals surface area contributed by atoms with E-state index >= 15 is 0 Å². The Morgan fingerprint density at radius 2 is 1.92 bits per heavy atom. The quantitative estimate of drug-likeness (QED) is 0.633. The Morgan fingerprint density at radius 3 is 2.58 bits per heavy atom. The van der Waals surface area contributed by atoms with E-state index in [1.165, 1.54) is 0 Å². The number of amides is 1. The zero-order valence-electron chi connectivity index (χ0n) is 14.0. The summed E-state index contributed by atoms with van der Waals surface area (Å²) in [6.45, 7) is 0.489. The number of carbonyl (C=O) groups excluding carboxylic acids is 1. The average Bonchev–Trinajstić information content (AvgIpc) is 3.02. The van der Waals surface area contributed by atoms with Gasteiger partial charge in [-0.1, -0.05) is 23.7 Å². The fourth-order valence-corrected chi connectivity index (χ4v) is 2.75. The first-order valence-corrected chi connectivity index (χ1v) is 8.66. The van der Waals surface area contributed by atoms with Gasteiger partial charge in [0.1, 0.15) is 12.3 Å². The topological polar surface area (TPSA) is 71.9 Å². The van der Waals surface area contributed by atoms with Crippen LogP contribution in [0.25, 0.3) is 11.4 Å². The molecule has 0 aliphatic heterocycles. The molecule has 134 valence electrons. The van der Waals surface area contributed by atoms with Crippen LogP contribution in [0.2, 0.25) is 5.02 Å². The highest BCUT2D eigenvalue weighted by molar-refractivity contribution is 7.71. The molecule has 8 heteroatoms. The van der Waals surface area contributed by atoms with Crippen LogP contribution in [0.15, 0.2) is 48.5 Å². The van der Waals surface area contributed by atoms with Gasteiger partial charge in [-0.25, -0.2) is 0 Å². The molecule has 0 spiro atoms. The molecule has 0 atom stereocenters. The normalized spacial score (nSPS) is 10.5. The van der Waals surface area contributed by atoms with Crippen LogP contribution in [-0.4, -0.2) is 27.8 Å². The number of nitrogens with zero attached hydrogens (tertiary/aromatic N) is 2. The highest BCUT2D eigenvalue weighted by Gasteiger charge is 2.12. The van der Waals surface area contributed by atoms with Gasteiger partial charge >= 0.3 is 0 Å². The van der Waals surface area contributed by atoms with Crippen LogP contribution in [0, 0.1) is 4.77 Å². The second-order valence-electron chi connectivity index (χ2n) is 5.57. The van der Waals surface area contributed by atoms with Crippen LogP contribution < -0.4 is 10.1 Å². The number of methoxy groups -OCH3 is 1. The second-order valence-corrected chi connectivity index (χ2v) is 6.39. The summed E-state index contributed by atoms with van der Waals surface area (Å²) in [6, 6.07) is 14.7. The third kappa shape index (κ3) is 4.30. The minimum absolute atomic E-state index is 0.0737. The van der Waals surface area contributed by atoms with Crippen molar-refractivity contribution in [2.24, 2.45) is 0 Å². The Hall–Kier alpha value is -2.64. The molecule has 0 fully saturated rings. The zero-order valence-corrected chi connectivity index (χ0v) is 15.6. The van der Waals surface area contributed by atoms with Gasteiger partial charge in [-0.2, -0.15) is 5.10 Å². The third-order valence-corrected chi connectivity index (χ3v) is 4.37. The molecule has 0 saturated carbocycles. The number of hydrogen-bond donors (Lipinski definition) is 2. The van der Waals surface area contributed by atoms with Crippen molar-refractivity contribution < 1.29 is 9.53 Å². The minimum Gasteiger partial charge on any atom is -0.497 e. The summed E-state index contributed by atoms with van der Waals surface area (Å²) in [5.74, 6) is 1.18. The Bertz CT molecular complexity index is 949. The molecule has 1 aromatic heterocycles. The molecule has 1 heterocycles. The third-order valence-electron chi connectivity index (χ3n) is 3.81.